The summed E-state index contributed by atoms with van der Waals surface area (Å²) in [6.07, 6.45) is 0.723. The molecule has 0 amide bonds. The summed E-state index contributed by atoms with van der Waals surface area (Å²) in [7, 11) is 3.28. The highest BCUT2D eigenvalue weighted by molar-refractivity contribution is 5.47. The van der Waals surface area contributed by atoms with Crippen LogP contribution in [-0.2, 0) is 6.42 Å². The van der Waals surface area contributed by atoms with Crippen molar-refractivity contribution in [3.8, 4) is 23.3 Å². The molecule has 0 bridgehead atoms. The second-order valence-electron chi connectivity index (χ2n) is 6.85. The molecule has 29 heavy (non-hydrogen) atoms. The van der Waals surface area contributed by atoms with Crippen molar-refractivity contribution in [2.45, 2.75) is 12.3 Å². The maximum absolute atomic E-state index is 10.2. The van der Waals surface area contributed by atoms with E-state index in [9.17, 15) is 5.11 Å². The number of hydrogen-bond donors (Lipinski definition) is 1. The first-order valence-corrected chi connectivity index (χ1v) is 9.68. The average Bonchev–Trinajstić information content (AvgIpc) is 2.79. The van der Waals surface area contributed by atoms with Crippen molar-refractivity contribution in [2.24, 2.45) is 5.92 Å². The number of benzene rings is 3. The lowest BCUT2D eigenvalue weighted by Gasteiger charge is -2.24. The van der Waals surface area contributed by atoms with Crippen molar-refractivity contribution >= 4 is 0 Å². The summed E-state index contributed by atoms with van der Waals surface area (Å²) in [4.78, 5) is 0. The zero-order chi connectivity index (χ0) is 20.5. The molecule has 0 unspecified atom stereocenters. The molecule has 0 aliphatic heterocycles. The highest BCUT2D eigenvalue weighted by atomic mass is 16.5. The molecule has 1 N–H and O–H groups in total. The van der Waals surface area contributed by atoms with Gasteiger partial charge in [-0.25, -0.2) is 0 Å². The smallest absolute Gasteiger partial charge is 0.127 e. The maximum Gasteiger partial charge on any atom is 0.127 e. The van der Waals surface area contributed by atoms with Crippen molar-refractivity contribution in [3.05, 3.63) is 95.6 Å². The van der Waals surface area contributed by atoms with E-state index < -0.39 is 0 Å². The van der Waals surface area contributed by atoms with Crippen LogP contribution in [0.2, 0.25) is 0 Å². The van der Waals surface area contributed by atoms with Crippen LogP contribution in [0.25, 0.3) is 0 Å². The number of ether oxygens (including phenoxy) is 2. The van der Waals surface area contributed by atoms with Gasteiger partial charge in [0.25, 0.3) is 0 Å². The Bertz CT molecular complexity index is 955. The summed E-state index contributed by atoms with van der Waals surface area (Å²) in [5, 5.41) is 10.2. The second kappa shape index (κ2) is 10.4. The van der Waals surface area contributed by atoms with Gasteiger partial charge in [-0.05, 0) is 30.2 Å². The molecule has 2 atom stereocenters. The molecule has 0 aliphatic rings. The molecule has 3 aromatic rings. The maximum atomic E-state index is 10.2. The Balaban J connectivity index is 2.02. The largest absolute Gasteiger partial charge is 0.497 e. The fourth-order valence-electron chi connectivity index (χ4n) is 3.41. The minimum Gasteiger partial charge on any atom is -0.497 e. The zero-order valence-electron chi connectivity index (χ0n) is 16.8. The van der Waals surface area contributed by atoms with Gasteiger partial charge in [0.05, 0.1) is 20.1 Å². The van der Waals surface area contributed by atoms with E-state index in [0.29, 0.717) is 5.75 Å². The number of aliphatic hydroxyl groups excluding tert-OH is 1. The quantitative estimate of drug-likeness (QED) is 0.599. The summed E-state index contributed by atoms with van der Waals surface area (Å²) in [6.45, 7) is 0.0260. The van der Waals surface area contributed by atoms with Gasteiger partial charge in [0.15, 0.2) is 0 Å². The van der Waals surface area contributed by atoms with Gasteiger partial charge >= 0.3 is 0 Å². The fourth-order valence-corrected chi connectivity index (χ4v) is 3.41. The first-order chi connectivity index (χ1) is 14.2. The number of aliphatic hydroxyl groups is 1. The van der Waals surface area contributed by atoms with Gasteiger partial charge in [0.1, 0.15) is 11.5 Å². The molecule has 3 aromatic carbocycles. The van der Waals surface area contributed by atoms with Gasteiger partial charge in [-0.2, -0.15) is 0 Å². The Hall–Kier alpha value is -3.22. The second-order valence-corrected chi connectivity index (χ2v) is 6.85. The highest BCUT2D eigenvalue weighted by Crippen LogP contribution is 2.36. The topological polar surface area (TPSA) is 38.7 Å². The number of rotatable bonds is 7. The van der Waals surface area contributed by atoms with Gasteiger partial charge < -0.3 is 14.6 Å². The van der Waals surface area contributed by atoms with Crippen LogP contribution in [0.15, 0.2) is 78.9 Å². The third-order valence-corrected chi connectivity index (χ3v) is 4.97. The molecule has 0 fully saturated rings. The molecule has 0 aliphatic carbocycles. The monoisotopic (exact) mass is 386 g/mol. The van der Waals surface area contributed by atoms with E-state index in [1.165, 1.54) is 5.56 Å². The van der Waals surface area contributed by atoms with Crippen LogP contribution in [0.5, 0.6) is 11.5 Å². The Morgan fingerprint density at radius 2 is 1.55 bits per heavy atom. The van der Waals surface area contributed by atoms with Crippen LogP contribution in [0.4, 0.5) is 0 Å². The van der Waals surface area contributed by atoms with Crippen LogP contribution in [0, 0.1) is 17.8 Å². The molecule has 0 radical (unpaired) electrons. The predicted molar refractivity (Wildman–Crippen MR) is 116 cm³/mol. The molecule has 3 heteroatoms. The SMILES string of the molecule is COc1ccc([C@@H](C#Cc2ccccc2)[C@H](CO)Cc2ccccc2)c(OC)c1. The summed E-state index contributed by atoms with van der Waals surface area (Å²) in [5.74, 6) is 7.85. The highest BCUT2D eigenvalue weighted by Gasteiger charge is 2.25. The first-order valence-electron chi connectivity index (χ1n) is 9.68. The zero-order valence-corrected chi connectivity index (χ0v) is 16.8. The lowest BCUT2D eigenvalue weighted by molar-refractivity contribution is 0.215. The van der Waals surface area contributed by atoms with E-state index in [-0.39, 0.29) is 18.4 Å². The van der Waals surface area contributed by atoms with Crippen LogP contribution in [0.1, 0.15) is 22.6 Å². The van der Waals surface area contributed by atoms with Crippen molar-refractivity contribution in [1.29, 1.82) is 0 Å². The van der Waals surface area contributed by atoms with E-state index in [0.717, 1.165) is 23.3 Å². The van der Waals surface area contributed by atoms with E-state index in [1.54, 1.807) is 14.2 Å². The lowest BCUT2D eigenvalue weighted by Crippen LogP contribution is -2.19. The summed E-state index contributed by atoms with van der Waals surface area (Å²) >= 11 is 0. The van der Waals surface area contributed by atoms with Crippen LogP contribution in [-0.4, -0.2) is 25.9 Å². The molecule has 3 nitrogen and oxygen atoms in total. The number of hydrogen-bond acceptors (Lipinski definition) is 3. The van der Waals surface area contributed by atoms with Crippen molar-refractivity contribution < 1.29 is 14.6 Å². The molecule has 0 heterocycles. The van der Waals surface area contributed by atoms with Gasteiger partial charge in [-0.3, -0.25) is 0 Å². The Morgan fingerprint density at radius 3 is 2.17 bits per heavy atom. The lowest BCUT2D eigenvalue weighted by atomic mass is 9.82. The average molecular weight is 386 g/mol. The predicted octanol–water partition coefficient (Wildman–Crippen LogP) is 4.69. The van der Waals surface area contributed by atoms with Crippen LogP contribution >= 0.6 is 0 Å². The van der Waals surface area contributed by atoms with E-state index in [1.807, 2.05) is 66.7 Å². The van der Waals surface area contributed by atoms with Gasteiger partial charge in [-0.1, -0.05) is 66.4 Å². The minimum absolute atomic E-state index is 0.0260. The summed E-state index contributed by atoms with van der Waals surface area (Å²) in [5.41, 5.74) is 3.07. The summed E-state index contributed by atoms with van der Waals surface area (Å²) < 4.78 is 11.0. The standard InChI is InChI=1S/C26H26O3/c1-28-23-14-16-25(26(18-23)29-2)24(15-13-20-9-5-3-6-10-20)22(19-27)17-21-11-7-4-8-12-21/h3-12,14,16,18,22,24,27H,17,19H2,1-2H3/t22-,24-/m0/s1. The molecule has 0 spiro atoms. The fraction of sp³-hybridized carbons (Fsp3) is 0.231. The van der Waals surface area contributed by atoms with Crippen molar-refractivity contribution in [1.82, 2.24) is 0 Å². The Morgan fingerprint density at radius 1 is 0.862 bits per heavy atom. The Labute approximate surface area is 172 Å². The molecular formula is C26H26O3. The Kier molecular flexibility index (Phi) is 7.33. The molecule has 3 rings (SSSR count). The first kappa shape index (κ1) is 20.5. The van der Waals surface area contributed by atoms with Gasteiger partial charge in [0, 0.05) is 29.7 Å². The molecular weight excluding hydrogens is 360 g/mol. The van der Waals surface area contributed by atoms with Crippen molar-refractivity contribution in [3.63, 3.8) is 0 Å². The van der Waals surface area contributed by atoms with E-state index >= 15 is 0 Å². The molecule has 148 valence electrons. The minimum atomic E-state index is -0.193. The van der Waals surface area contributed by atoms with Crippen LogP contribution < -0.4 is 9.47 Å². The van der Waals surface area contributed by atoms with Crippen LogP contribution in [0.3, 0.4) is 0 Å². The van der Waals surface area contributed by atoms with E-state index in [2.05, 4.69) is 24.0 Å². The molecule has 0 saturated heterocycles. The van der Waals surface area contributed by atoms with Gasteiger partial charge in [-0.15, -0.1) is 0 Å². The van der Waals surface area contributed by atoms with Gasteiger partial charge in [0.2, 0.25) is 0 Å². The third-order valence-electron chi connectivity index (χ3n) is 4.97. The van der Waals surface area contributed by atoms with Crippen molar-refractivity contribution in [2.75, 3.05) is 20.8 Å². The van der Waals surface area contributed by atoms with E-state index in [4.69, 9.17) is 9.47 Å². The summed E-state index contributed by atoms with van der Waals surface area (Å²) in [6, 6.07) is 25.8. The molecule has 0 aromatic heterocycles. The third kappa shape index (κ3) is 5.40. The number of methoxy groups -OCH3 is 2. The normalized spacial score (nSPS) is 12.4. The molecule has 0 saturated carbocycles.